The van der Waals surface area contributed by atoms with E-state index in [9.17, 15) is 22.4 Å². The molecule has 0 aliphatic carbocycles. The summed E-state index contributed by atoms with van der Waals surface area (Å²) in [4.78, 5) is 24.7. The summed E-state index contributed by atoms with van der Waals surface area (Å²) in [6.45, 7) is 1.78. The minimum Gasteiger partial charge on any atom is -0.480 e. The van der Waals surface area contributed by atoms with Crippen LogP contribution in [0.25, 0.3) is 0 Å². The first-order chi connectivity index (χ1) is 10.7. The van der Waals surface area contributed by atoms with Crippen LogP contribution in [0.15, 0.2) is 29.2 Å². The summed E-state index contributed by atoms with van der Waals surface area (Å²) in [7, 11) is -3.75. The molecule has 0 spiro atoms. The van der Waals surface area contributed by atoms with Gasteiger partial charge in [0.05, 0.1) is 10.6 Å². The van der Waals surface area contributed by atoms with E-state index in [1.165, 1.54) is 11.8 Å². The molecular weight excluding hydrogens is 325 g/mol. The number of carbonyl (C=O) groups is 2. The normalized spacial score (nSPS) is 19.6. The van der Waals surface area contributed by atoms with Gasteiger partial charge < -0.3 is 10.0 Å². The monoisotopic (exact) mass is 343 g/mol. The van der Waals surface area contributed by atoms with Crippen LogP contribution < -0.4 is 0 Å². The van der Waals surface area contributed by atoms with Crippen molar-refractivity contribution in [2.24, 2.45) is 5.92 Å². The molecule has 6 nitrogen and oxygen atoms in total. The molecule has 8 heteroatoms. The molecule has 126 valence electrons. The molecule has 0 aromatic heterocycles. The maximum Gasteiger partial charge on any atom is 0.326 e. The first-order valence-corrected chi connectivity index (χ1v) is 8.89. The van der Waals surface area contributed by atoms with Gasteiger partial charge in [0.1, 0.15) is 11.9 Å². The van der Waals surface area contributed by atoms with Crippen molar-refractivity contribution in [3.05, 3.63) is 30.1 Å². The zero-order valence-corrected chi connectivity index (χ0v) is 13.4. The predicted molar refractivity (Wildman–Crippen MR) is 80.0 cm³/mol. The van der Waals surface area contributed by atoms with E-state index in [2.05, 4.69) is 0 Å². The third kappa shape index (κ3) is 3.87. The second-order valence-electron chi connectivity index (χ2n) is 5.66. The van der Waals surface area contributed by atoms with Crippen LogP contribution in [0.3, 0.4) is 0 Å². The molecule has 2 unspecified atom stereocenters. The van der Waals surface area contributed by atoms with E-state index in [0.29, 0.717) is 19.4 Å². The third-order valence-corrected chi connectivity index (χ3v) is 5.81. The van der Waals surface area contributed by atoms with E-state index in [-0.39, 0.29) is 4.90 Å². The molecule has 0 saturated carbocycles. The zero-order chi connectivity index (χ0) is 17.2. The molecule has 2 atom stereocenters. The van der Waals surface area contributed by atoms with Crippen LogP contribution in [0.5, 0.6) is 0 Å². The fourth-order valence-electron chi connectivity index (χ4n) is 2.71. The molecule has 1 heterocycles. The van der Waals surface area contributed by atoms with E-state index in [0.717, 1.165) is 24.3 Å². The molecule has 1 aliphatic heterocycles. The Kier molecular flexibility index (Phi) is 5.03. The Morgan fingerprint density at radius 1 is 1.35 bits per heavy atom. The molecular formula is C15H18FNO5S. The summed E-state index contributed by atoms with van der Waals surface area (Å²) in [5.74, 6) is -3.43. The number of benzene rings is 1. The van der Waals surface area contributed by atoms with Gasteiger partial charge in [-0.3, -0.25) is 4.79 Å². The van der Waals surface area contributed by atoms with Gasteiger partial charge in [0.2, 0.25) is 5.91 Å². The Balaban J connectivity index is 2.11. The first kappa shape index (κ1) is 17.4. The second-order valence-corrected chi connectivity index (χ2v) is 7.70. The highest BCUT2D eigenvalue weighted by Crippen LogP contribution is 2.22. The summed E-state index contributed by atoms with van der Waals surface area (Å²) in [5, 5.41) is 9.10. The van der Waals surface area contributed by atoms with E-state index in [1.807, 2.05) is 0 Å². The van der Waals surface area contributed by atoms with Gasteiger partial charge in [0, 0.05) is 12.5 Å². The summed E-state index contributed by atoms with van der Waals surface area (Å²) in [6.07, 6.45) is 0.957. The maximum atomic E-state index is 12.9. The molecule has 1 aliphatic rings. The molecule has 1 saturated heterocycles. The van der Waals surface area contributed by atoms with Gasteiger partial charge in [-0.15, -0.1) is 0 Å². The van der Waals surface area contributed by atoms with Crippen LogP contribution in [0.2, 0.25) is 0 Å². The first-order valence-electron chi connectivity index (χ1n) is 7.24. The Morgan fingerprint density at radius 3 is 2.52 bits per heavy atom. The highest BCUT2D eigenvalue weighted by molar-refractivity contribution is 7.91. The van der Waals surface area contributed by atoms with E-state index < -0.39 is 45.2 Å². The number of hydrogen-bond acceptors (Lipinski definition) is 4. The van der Waals surface area contributed by atoms with Crippen LogP contribution in [0.1, 0.15) is 19.8 Å². The average molecular weight is 343 g/mol. The number of carboxylic acid groups (broad SMARTS) is 1. The van der Waals surface area contributed by atoms with Crippen molar-refractivity contribution < 1.29 is 27.5 Å². The van der Waals surface area contributed by atoms with Crippen LogP contribution >= 0.6 is 0 Å². The standard InChI is InChI=1S/C15H18FNO5S/c1-10(14(18)17-8-2-3-13(17)15(19)20)9-23(21,22)12-6-4-11(16)5-7-12/h4-7,10,13H,2-3,8-9H2,1H3,(H,19,20). The molecule has 1 amide bonds. The average Bonchev–Trinajstić information content (AvgIpc) is 2.96. The number of rotatable bonds is 5. The lowest BCUT2D eigenvalue weighted by atomic mass is 10.1. The summed E-state index contributed by atoms with van der Waals surface area (Å²) in [6, 6.07) is 3.49. The molecule has 0 bridgehead atoms. The Morgan fingerprint density at radius 2 is 1.96 bits per heavy atom. The van der Waals surface area contributed by atoms with Crippen molar-refractivity contribution in [2.75, 3.05) is 12.3 Å². The number of amides is 1. The topological polar surface area (TPSA) is 91.8 Å². The fourth-order valence-corrected chi connectivity index (χ4v) is 4.25. The van der Waals surface area contributed by atoms with Gasteiger partial charge >= 0.3 is 5.97 Å². The Hall–Kier alpha value is -1.96. The van der Waals surface area contributed by atoms with Gasteiger partial charge in [-0.05, 0) is 37.1 Å². The maximum absolute atomic E-state index is 12.9. The lowest BCUT2D eigenvalue weighted by Crippen LogP contribution is -2.44. The second kappa shape index (κ2) is 6.66. The number of carbonyl (C=O) groups excluding carboxylic acids is 1. The van der Waals surface area contributed by atoms with Gasteiger partial charge in [-0.1, -0.05) is 6.92 Å². The number of nitrogens with zero attached hydrogens (tertiary/aromatic N) is 1. The number of sulfone groups is 1. The minimum atomic E-state index is -3.75. The zero-order valence-electron chi connectivity index (χ0n) is 12.6. The highest BCUT2D eigenvalue weighted by atomic mass is 32.2. The predicted octanol–water partition coefficient (Wildman–Crippen LogP) is 1.31. The summed E-state index contributed by atoms with van der Waals surface area (Å²) < 4.78 is 37.4. The number of hydrogen-bond donors (Lipinski definition) is 1. The SMILES string of the molecule is CC(CS(=O)(=O)c1ccc(F)cc1)C(=O)N1CCCC1C(=O)O. The molecule has 1 aromatic rings. The van der Waals surface area contributed by atoms with Crippen molar-refractivity contribution in [1.29, 1.82) is 0 Å². The molecule has 2 rings (SSSR count). The van der Waals surface area contributed by atoms with Gasteiger partial charge in [-0.2, -0.15) is 0 Å². The Bertz CT molecular complexity index is 701. The van der Waals surface area contributed by atoms with Gasteiger partial charge in [-0.25, -0.2) is 17.6 Å². The van der Waals surface area contributed by atoms with Crippen molar-refractivity contribution in [1.82, 2.24) is 4.90 Å². The number of likely N-dealkylation sites (tertiary alicyclic amines) is 1. The van der Waals surface area contributed by atoms with Crippen LogP contribution in [0, 0.1) is 11.7 Å². The summed E-state index contributed by atoms with van der Waals surface area (Å²) >= 11 is 0. The Labute approximate surface area is 133 Å². The van der Waals surface area contributed by atoms with Gasteiger partial charge in [0.15, 0.2) is 9.84 Å². The largest absolute Gasteiger partial charge is 0.480 e. The lowest BCUT2D eigenvalue weighted by Gasteiger charge is -2.24. The van der Waals surface area contributed by atoms with E-state index in [4.69, 9.17) is 5.11 Å². The van der Waals surface area contributed by atoms with E-state index in [1.54, 1.807) is 0 Å². The van der Waals surface area contributed by atoms with Crippen molar-refractivity contribution in [3.8, 4) is 0 Å². The minimum absolute atomic E-state index is 0.0604. The van der Waals surface area contributed by atoms with Crippen molar-refractivity contribution in [2.45, 2.75) is 30.7 Å². The molecule has 1 N–H and O–H groups in total. The fraction of sp³-hybridized carbons (Fsp3) is 0.467. The van der Waals surface area contributed by atoms with E-state index >= 15 is 0 Å². The van der Waals surface area contributed by atoms with Gasteiger partial charge in [0.25, 0.3) is 0 Å². The molecule has 1 fully saturated rings. The lowest BCUT2D eigenvalue weighted by molar-refractivity contribution is -0.149. The van der Waals surface area contributed by atoms with Crippen LogP contribution in [-0.2, 0) is 19.4 Å². The number of aliphatic carboxylic acids is 1. The van der Waals surface area contributed by atoms with Crippen LogP contribution in [0.4, 0.5) is 4.39 Å². The molecule has 1 aromatic carbocycles. The number of carboxylic acids is 1. The number of halogens is 1. The molecule has 0 radical (unpaired) electrons. The smallest absolute Gasteiger partial charge is 0.326 e. The van der Waals surface area contributed by atoms with Crippen molar-refractivity contribution in [3.63, 3.8) is 0 Å². The summed E-state index contributed by atoms with van der Waals surface area (Å²) in [5.41, 5.74) is 0. The quantitative estimate of drug-likeness (QED) is 0.814. The van der Waals surface area contributed by atoms with Crippen molar-refractivity contribution >= 4 is 21.7 Å². The van der Waals surface area contributed by atoms with Crippen LogP contribution in [-0.4, -0.2) is 48.6 Å². The third-order valence-electron chi connectivity index (χ3n) is 3.88. The molecule has 23 heavy (non-hydrogen) atoms. The highest BCUT2D eigenvalue weighted by Gasteiger charge is 2.37.